The lowest BCUT2D eigenvalue weighted by molar-refractivity contribution is -0.135. The van der Waals surface area contributed by atoms with Gasteiger partial charge in [-0.05, 0) is 29.0 Å². The Kier molecular flexibility index (Phi) is 6.77. The van der Waals surface area contributed by atoms with E-state index < -0.39 is 29.4 Å². The van der Waals surface area contributed by atoms with Gasteiger partial charge in [0.05, 0.1) is 6.04 Å². The maximum atomic E-state index is 13.6. The highest BCUT2D eigenvalue weighted by Gasteiger charge is 2.52. The molecule has 0 bridgehead atoms. The number of urea groups is 1. The number of carbonyl (C=O) groups is 3. The molecule has 1 heterocycles. The summed E-state index contributed by atoms with van der Waals surface area (Å²) in [5, 5.41) is 5.91. The van der Waals surface area contributed by atoms with Crippen LogP contribution in [0.5, 0.6) is 0 Å². The number of nitrogens with zero attached hydrogens (tertiary/aromatic N) is 1. The lowest BCUT2D eigenvalue weighted by Crippen LogP contribution is -2.46. The Bertz CT molecular complexity index is 1110. The summed E-state index contributed by atoms with van der Waals surface area (Å²) in [6.45, 7) is 3.65. The number of rotatable bonds is 8. The Labute approximate surface area is 200 Å². The maximum absolute atomic E-state index is 13.6. The molecule has 1 unspecified atom stereocenters. The fourth-order valence-corrected chi connectivity index (χ4v) is 4.56. The molecule has 1 fully saturated rings. The lowest BCUT2D eigenvalue weighted by atomic mass is 9.82. The zero-order chi connectivity index (χ0) is 24.1. The first-order valence-corrected chi connectivity index (χ1v) is 11.5. The second kappa shape index (κ2) is 9.91. The second-order valence-electron chi connectivity index (χ2n) is 9.01. The molecule has 0 radical (unpaired) electrons. The number of carbonyl (C=O) groups excluding carboxylic acids is 3. The van der Waals surface area contributed by atoms with Gasteiger partial charge in [0.15, 0.2) is 0 Å². The van der Waals surface area contributed by atoms with Gasteiger partial charge in [0.2, 0.25) is 5.91 Å². The SMILES string of the molecule is CC(C)CC1(c2ccccc2)NC(=O)N(CC(=O)NC(c2ccccc2)c2ccccc2)C1=O. The lowest BCUT2D eigenvalue weighted by Gasteiger charge is -2.29. The first-order valence-electron chi connectivity index (χ1n) is 11.5. The van der Waals surface area contributed by atoms with Crippen LogP contribution in [0, 0.1) is 5.92 Å². The molecule has 1 saturated heterocycles. The third kappa shape index (κ3) is 4.71. The smallest absolute Gasteiger partial charge is 0.325 e. The van der Waals surface area contributed by atoms with E-state index in [0.717, 1.165) is 21.6 Å². The van der Waals surface area contributed by atoms with Crippen LogP contribution in [0.15, 0.2) is 91.0 Å². The standard InChI is InChI=1S/C28H29N3O3/c1-20(2)18-28(23-16-10-5-11-17-23)26(33)31(27(34)30-28)19-24(32)29-25(21-12-6-3-7-13-21)22-14-8-4-9-15-22/h3-17,20,25H,18-19H2,1-2H3,(H,29,32)(H,30,34). The van der Waals surface area contributed by atoms with Gasteiger partial charge in [0.1, 0.15) is 12.1 Å². The van der Waals surface area contributed by atoms with Crippen molar-refractivity contribution in [2.75, 3.05) is 6.54 Å². The molecule has 4 amide bonds. The minimum atomic E-state index is -1.18. The Hall–Kier alpha value is -3.93. The molecule has 4 rings (SSSR count). The molecule has 0 spiro atoms. The molecule has 3 aromatic carbocycles. The normalized spacial score (nSPS) is 17.8. The number of imide groups is 1. The number of nitrogens with one attached hydrogen (secondary N) is 2. The van der Waals surface area contributed by atoms with Crippen LogP contribution in [0.2, 0.25) is 0 Å². The molecule has 0 saturated carbocycles. The summed E-state index contributed by atoms with van der Waals surface area (Å²) in [6.07, 6.45) is 0.441. The maximum Gasteiger partial charge on any atom is 0.325 e. The third-order valence-electron chi connectivity index (χ3n) is 6.03. The van der Waals surface area contributed by atoms with Crippen molar-refractivity contribution in [3.63, 3.8) is 0 Å². The van der Waals surface area contributed by atoms with Gasteiger partial charge in [-0.15, -0.1) is 0 Å². The molecule has 34 heavy (non-hydrogen) atoms. The van der Waals surface area contributed by atoms with E-state index in [2.05, 4.69) is 10.6 Å². The average Bonchev–Trinajstić information content (AvgIpc) is 3.08. The predicted molar refractivity (Wildman–Crippen MR) is 131 cm³/mol. The largest absolute Gasteiger partial charge is 0.344 e. The van der Waals surface area contributed by atoms with Crippen molar-refractivity contribution in [3.8, 4) is 0 Å². The number of amides is 4. The fraction of sp³-hybridized carbons (Fsp3) is 0.250. The number of benzene rings is 3. The van der Waals surface area contributed by atoms with Crippen molar-refractivity contribution in [2.45, 2.75) is 31.8 Å². The Morgan fingerprint density at radius 3 is 1.85 bits per heavy atom. The summed E-state index contributed by atoms with van der Waals surface area (Å²) in [6, 6.07) is 27.5. The minimum absolute atomic E-state index is 0.152. The van der Waals surface area contributed by atoms with E-state index >= 15 is 0 Å². The summed E-state index contributed by atoms with van der Waals surface area (Å²) in [5.41, 5.74) is 1.37. The molecule has 1 aliphatic rings. The van der Waals surface area contributed by atoms with E-state index in [4.69, 9.17) is 0 Å². The molecular weight excluding hydrogens is 426 g/mol. The van der Waals surface area contributed by atoms with Gasteiger partial charge in [-0.3, -0.25) is 14.5 Å². The number of hydrogen-bond acceptors (Lipinski definition) is 3. The Morgan fingerprint density at radius 1 is 0.853 bits per heavy atom. The molecule has 0 aliphatic carbocycles. The van der Waals surface area contributed by atoms with Crippen LogP contribution in [0.4, 0.5) is 4.79 Å². The summed E-state index contributed by atoms with van der Waals surface area (Å²) in [4.78, 5) is 40.7. The molecule has 3 aromatic rings. The predicted octanol–water partition coefficient (Wildman–Crippen LogP) is 4.39. The highest BCUT2D eigenvalue weighted by Crippen LogP contribution is 2.35. The van der Waals surface area contributed by atoms with Gasteiger partial charge in [-0.2, -0.15) is 0 Å². The quantitative estimate of drug-likeness (QED) is 0.495. The van der Waals surface area contributed by atoms with Crippen LogP contribution in [-0.2, 0) is 15.1 Å². The molecular formula is C28H29N3O3. The van der Waals surface area contributed by atoms with E-state index in [1.807, 2.05) is 105 Å². The summed E-state index contributed by atoms with van der Waals surface area (Å²) >= 11 is 0. The average molecular weight is 456 g/mol. The first-order chi connectivity index (χ1) is 16.4. The van der Waals surface area contributed by atoms with Crippen LogP contribution in [0.1, 0.15) is 43.0 Å². The molecule has 1 atom stereocenters. The monoisotopic (exact) mass is 455 g/mol. The van der Waals surface area contributed by atoms with E-state index in [1.165, 1.54) is 0 Å². The molecule has 0 aromatic heterocycles. The van der Waals surface area contributed by atoms with Gasteiger partial charge in [0.25, 0.3) is 5.91 Å². The molecule has 2 N–H and O–H groups in total. The van der Waals surface area contributed by atoms with Crippen molar-refractivity contribution < 1.29 is 14.4 Å². The first kappa shape index (κ1) is 23.2. The van der Waals surface area contributed by atoms with Gasteiger partial charge < -0.3 is 10.6 Å². The highest BCUT2D eigenvalue weighted by atomic mass is 16.2. The topological polar surface area (TPSA) is 78.5 Å². The Balaban J connectivity index is 1.57. The third-order valence-corrected chi connectivity index (χ3v) is 6.03. The van der Waals surface area contributed by atoms with Crippen LogP contribution < -0.4 is 10.6 Å². The van der Waals surface area contributed by atoms with Gasteiger partial charge in [0, 0.05) is 0 Å². The molecule has 6 heteroatoms. The van der Waals surface area contributed by atoms with E-state index in [9.17, 15) is 14.4 Å². The van der Waals surface area contributed by atoms with Crippen molar-refractivity contribution in [1.29, 1.82) is 0 Å². The van der Waals surface area contributed by atoms with Gasteiger partial charge in [-0.25, -0.2) is 4.79 Å². The van der Waals surface area contributed by atoms with Crippen molar-refractivity contribution in [2.24, 2.45) is 5.92 Å². The van der Waals surface area contributed by atoms with E-state index in [-0.39, 0.29) is 12.5 Å². The van der Waals surface area contributed by atoms with E-state index in [1.54, 1.807) is 0 Å². The molecule has 174 valence electrons. The molecule has 1 aliphatic heterocycles. The minimum Gasteiger partial charge on any atom is -0.344 e. The fourth-order valence-electron chi connectivity index (χ4n) is 4.56. The highest BCUT2D eigenvalue weighted by molar-refractivity contribution is 6.09. The van der Waals surface area contributed by atoms with Crippen LogP contribution >= 0.6 is 0 Å². The Morgan fingerprint density at radius 2 is 1.35 bits per heavy atom. The number of hydrogen-bond donors (Lipinski definition) is 2. The van der Waals surface area contributed by atoms with Crippen molar-refractivity contribution in [1.82, 2.24) is 15.5 Å². The summed E-state index contributed by atoms with van der Waals surface area (Å²) < 4.78 is 0. The van der Waals surface area contributed by atoms with Crippen molar-refractivity contribution in [3.05, 3.63) is 108 Å². The van der Waals surface area contributed by atoms with Crippen LogP contribution in [0.3, 0.4) is 0 Å². The summed E-state index contributed by atoms with van der Waals surface area (Å²) in [7, 11) is 0. The molecule has 6 nitrogen and oxygen atoms in total. The zero-order valence-corrected chi connectivity index (χ0v) is 19.4. The summed E-state index contributed by atoms with van der Waals surface area (Å²) in [5.74, 6) is -0.656. The van der Waals surface area contributed by atoms with Crippen LogP contribution in [0.25, 0.3) is 0 Å². The second-order valence-corrected chi connectivity index (χ2v) is 9.01. The zero-order valence-electron chi connectivity index (χ0n) is 19.4. The van der Waals surface area contributed by atoms with Gasteiger partial charge >= 0.3 is 6.03 Å². The van der Waals surface area contributed by atoms with Gasteiger partial charge in [-0.1, -0.05) is 105 Å². The van der Waals surface area contributed by atoms with E-state index in [0.29, 0.717) is 6.42 Å². The van der Waals surface area contributed by atoms with Crippen LogP contribution in [-0.4, -0.2) is 29.3 Å². The van der Waals surface area contributed by atoms with Crippen molar-refractivity contribution >= 4 is 17.8 Å².